The molecule has 0 amide bonds. The third kappa shape index (κ3) is 3.04. The molecule has 0 aromatic carbocycles. The van der Waals surface area contributed by atoms with E-state index in [1.165, 1.54) is 18.5 Å². The summed E-state index contributed by atoms with van der Waals surface area (Å²) < 4.78 is 2.02. The topological polar surface area (TPSA) is 42.7 Å². The van der Waals surface area contributed by atoms with Gasteiger partial charge in [0.15, 0.2) is 0 Å². The molecule has 0 saturated carbocycles. The van der Waals surface area contributed by atoms with Crippen LogP contribution >= 0.6 is 0 Å². The second kappa shape index (κ2) is 6.63. The van der Waals surface area contributed by atoms with Gasteiger partial charge >= 0.3 is 0 Å². The molecule has 0 fully saturated rings. The minimum Gasteiger partial charge on any atom is -0.311 e. The summed E-state index contributed by atoms with van der Waals surface area (Å²) in [6.45, 7) is 7.63. The molecule has 0 saturated heterocycles. The summed E-state index contributed by atoms with van der Waals surface area (Å²) in [5.74, 6) is 0.615. The summed E-state index contributed by atoms with van der Waals surface area (Å²) in [7, 11) is 2.01. The van der Waals surface area contributed by atoms with E-state index in [2.05, 4.69) is 36.4 Å². The van der Waals surface area contributed by atoms with Crippen LogP contribution in [0.4, 0.5) is 0 Å². The van der Waals surface area contributed by atoms with E-state index < -0.39 is 0 Å². The van der Waals surface area contributed by atoms with Gasteiger partial charge < -0.3 is 5.32 Å². The fourth-order valence-corrected chi connectivity index (χ4v) is 2.24. The molecule has 4 nitrogen and oxygen atoms in total. The van der Waals surface area contributed by atoms with Gasteiger partial charge in [-0.3, -0.25) is 0 Å². The van der Waals surface area contributed by atoms with Crippen LogP contribution < -0.4 is 5.32 Å². The smallest absolute Gasteiger partial charge is 0.0759 e. The van der Waals surface area contributed by atoms with Gasteiger partial charge in [-0.05, 0) is 25.8 Å². The first-order chi connectivity index (χ1) is 7.74. The SMILES string of the molecule is CCCC(C)C(NC)c1cnnn1CCC. The molecule has 0 bridgehead atoms. The Morgan fingerprint density at radius 1 is 1.38 bits per heavy atom. The average Bonchev–Trinajstić information content (AvgIpc) is 2.69. The van der Waals surface area contributed by atoms with Gasteiger partial charge in [-0.25, -0.2) is 4.68 Å². The van der Waals surface area contributed by atoms with E-state index in [9.17, 15) is 0 Å². The molecular weight excluding hydrogens is 200 g/mol. The number of hydrogen-bond donors (Lipinski definition) is 1. The molecule has 0 radical (unpaired) electrons. The number of aromatic nitrogens is 3. The van der Waals surface area contributed by atoms with Crippen LogP contribution in [0.25, 0.3) is 0 Å². The number of hydrogen-bond acceptors (Lipinski definition) is 3. The average molecular weight is 224 g/mol. The number of nitrogens with zero attached hydrogens (tertiary/aromatic N) is 3. The van der Waals surface area contributed by atoms with Crippen molar-refractivity contribution in [1.29, 1.82) is 0 Å². The first-order valence-electron chi connectivity index (χ1n) is 6.30. The Kier molecular flexibility index (Phi) is 5.46. The van der Waals surface area contributed by atoms with Crippen LogP contribution in [0, 0.1) is 5.92 Å². The predicted octanol–water partition coefficient (Wildman–Crippen LogP) is 2.38. The molecule has 2 unspecified atom stereocenters. The predicted molar refractivity (Wildman–Crippen MR) is 66.2 cm³/mol. The van der Waals surface area contributed by atoms with Crippen molar-refractivity contribution in [2.75, 3.05) is 7.05 Å². The molecule has 0 aliphatic carbocycles. The van der Waals surface area contributed by atoms with E-state index in [4.69, 9.17) is 0 Å². The number of rotatable bonds is 7. The lowest BCUT2D eigenvalue weighted by Crippen LogP contribution is -2.26. The van der Waals surface area contributed by atoms with Crippen molar-refractivity contribution in [3.05, 3.63) is 11.9 Å². The number of nitrogens with one attached hydrogen (secondary N) is 1. The molecule has 0 aliphatic rings. The highest BCUT2D eigenvalue weighted by molar-refractivity contribution is 5.03. The summed E-state index contributed by atoms with van der Waals surface area (Å²) >= 11 is 0. The van der Waals surface area contributed by atoms with Crippen molar-refractivity contribution in [2.45, 2.75) is 52.6 Å². The minimum atomic E-state index is 0.362. The van der Waals surface area contributed by atoms with Crippen LogP contribution in [-0.4, -0.2) is 22.0 Å². The Bertz CT molecular complexity index is 295. The lowest BCUT2D eigenvalue weighted by atomic mass is 9.94. The van der Waals surface area contributed by atoms with Gasteiger partial charge in [-0.1, -0.05) is 32.4 Å². The van der Waals surface area contributed by atoms with Crippen LogP contribution in [0.1, 0.15) is 51.8 Å². The molecule has 2 atom stereocenters. The minimum absolute atomic E-state index is 0.362. The lowest BCUT2D eigenvalue weighted by molar-refractivity contribution is 0.358. The highest BCUT2D eigenvalue weighted by atomic mass is 15.4. The van der Waals surface area contributed by atoms with Crippen molar-refractivity contribution < 1.29 is 0 Å². The highest BCUT2D eigenvalue weighted by Crippen LogP contribution is 2.24. The second-order valence-corrected chi connectivity index (χ2v) is 4.41. The molecule has 1 aromatic heterocycles. The molecule has 16 heavy (non-hydrogen) atoms. The van der Waals surface area contributed by atoms with Crippen LogP contribution in [0.3, 0.4) is 0 Å². The third-order valence-corrected chi connectivity index (χ3v) is 3.03. The Morgan fingerprint density at radius 2 is 2.12 bits per heavy atom. The normalized spacial score (nSPS) is 15.0. The highest BCUT2D eigenvalue weighted by Gasteiger charge is 2.20. The van der Waals surface area contributed by atoms with E-state index in [-0.39, 0.29) is 0 Å². The van der Waals surface area contributed by atoms with E-state index >= 15 is 0 Å². The van der Waals surface area contributed by atoms with E-state index in [1.54, 1.807) is 0 Å². The fraction of sp³-hybridized carbons (Fsp3) is 0.833. The van der Waals surface area contributed by atoms with Crippen molar-refractivity contribution >= 4 is 0 Å². The quantitative estimate of drug-likeness (QED) is 0.773. The largest absolute Gasteiger partial charge is 0.311 e. The molecule has 0 aliphatic heterocycles. The molecule has 0 spiro atoms. The standard InChI is InChI=1S/C12H24N4/c1-5-7-10(3)12(13-4)11-9-14-15-16(11)8-6-2/h9-10,12-13H,5-8H2,1-4H3. The molecule has 1 aromatic rings. The van der Waals surface area contributed by atoms with Crippen LogP contribution in [0.2, 0.25) is 0 Å². The van der Waals surface area contributed by atoms with Crippen molar-refractivity contribution in [2.24, 2.45) is 5.92 Å². The Balaban J connectivity index is 2.81. The summed E-state index contributed by atoms with van der Waals surface area (Å²) in [5, 5.41) is 11.6. The summed E-state index contributed by atoms with van der Waals surface area (Å²) in [4.78, 5) is 0. The summed E-state index contributed by atoms with van der Waals surface area (Å²) in [6.07, 6.45) is 5.43. The Labute approximate surface area is 98.4 Å². The van der Waals surface area contributed by atoms with Gasteiger partial charge in [0.25, 0.3) is 0 Å². The van der Waals surface area contributed by atoms with Gasteiger partial charge in [-0.15, -0.1) is 5.10 Å². The maximum absolute atomic E-state index is 4.14. The zero-order chi connectivity index (χ0) is 12.0. The van der Waals surface area contributed by atoms with Crippen LogP contribution in [-0.2, 0) is 6.54 Å². The van der Waals surface area contributed by atoms with Gasteiger partial charge in [0.2, 0.25) is 0 Å². The van der Waals surface area contributed by atoms with Crippen LogP contribution in [0.5, 0.6) is 0 Å². The monoisotopic (exact) mass is 224 g/mol. The first-order valence-corrected chi connectivity index (χ1v) is 6.30. The van der Waals surface area contributed by atoms with Crippen LogP contribution in [0.15, 0.2) is 6.20 Å². The molecule has 1 heterocycles. The van der Waals surface area contributed by atoms with E-state index in [0.717, 1.165) is 13.0 Å². The van der Waals surface area contributed by atoms with Gasteiger partial charge in [0.05, 0.1) is 17.9 Å². The zero-order valence-electron chi connectivity index (χ0n) is 10.9. The molecule has 92 valence electrons. The van der Waals surface area contributed by atoms with Gasteiger partial charge in [-0.2, -0.15) is 0 Å². The van der Waals surface area contributed by atoms with Gasteiger partial charge in [0.1, 0.15) is 0 Å². The fourth-order valence-electron chi connectivity index (χ4n) is 2.24. The Hall–Kier alpha value is -0.900. The van der Waals surface area contributed by atoms with Crippen molar-refractivity contribution in [3.63, 3.8) is 0 Å². The van der Waals surface area contributed by atoms with Gasteiger partial charge in [0, 0.05) is 6.54 Å². The van der Waals surface area contributed by atoms with Crippen molar-refractivity contribution in [3.8, 4) is 0 Å². The second-order valence-electron chi connectivity index (χ2n) is 4.41. The zero-order valence-corrected chi connectivity index (χ0v) is 10.9. The number of aryl methyl sites for hydroxylation is 1. The third-order valence-electron chi connectivity index (χ3n) is 3.03. The van der Waals surface area contributed by atoms with Crippen molar-refractivity contribution in [1.82, 2.24) is 20.3 Å². The molecular formula is C12H24N4. The summed E-state index contributed by atoms with van der Waals surface area (Å²) in [5.41, 5.74) is 1.21. The first kappa shape index (κ1) is 13.2. The maximum Gasteiger partial charge on any atom is 0.0759 e. The molecule has 4 heteroatoms. The molecule has 1 N–H and O–H groups in total. The molecule has 1 rings (SSSR count). The maximum atomic E-state index is 4.14. The van der Waals surface area contributed by atoms with E-state index in [0.29, 0.717) is 12.0 Å². The summed E-state index contributed by atoms with van der Waals surface area (Å²) in [6, 6.07) is 0.362. The lowest BCUT2D eigenvalue weighted by Gasteiger charge is -2.23. The Morgan fingerprint density at radius 3 is 2.69 bits per heavy atom. The van der Waals surface area contributed by atoms with E-state index in [1.807, 2.05) is 17.9 Å².